The molecular weight excluding hydrogens is 224 g/mol. The molecule has 0 aliphatic carbocycles. The monoisotopic (exact) mass is 240 g/mol. The average Bonchev–Trinajstić information content (AvgIpc) is 2.33. The van der Waals surface area contributed by atoms with Crippen LogP contribution in [0.4, 0.5) is 0 Å². The van der Waals surface area contributed by atoms with Crippen molar-refractivity contribution >= 4 is 11.6 Å². The number of aromatic nitrogens is 1. The topological polar surface area (TPSA) is 40.2 Å². The van der Waals surface area contributed by atoms with Gasteiger partial charge in [0.1, 0.15) is 11.4 Å². The van der Waals surface area contributed by atoms with Gasteiger partial charge in [0.15, 0.2) is 0 Å². The predicted octanol–water partition coefficient (Wildman–Crippen LogP) is 1.03. The van der Waals surface area contributed by atoms with E-state index in [0.717, 1.165) is 19.6 Å². The maximum absolute atomic E-state index is 5.76. The van der Waals surface area contributed by atoms with Crippen LogP contribution in [0.25, 0.3) is 0 Å². The molecule has 4 nitrogen and oxygen atoms in total. The lowest BCUT2D eigenvalue weighted by atomic mass is 10.2. The molecule has 1 aromatic rings. The first-order valence-corrected chi connectivity index (χ1v) is 5.92. The Morgan fingerprint density at radius 2 is 2.50 bits per heavy atom. The van der Waals surface area contributed by atoms with Crippen molar-refractivity contribution in [2.75, 3.05) is 20.1 Å². The van der Waals surface area contributed by atoms with Crippen molar-refractivity contribution in [2.45, 2.75) is 19.3 Å². The zero-order chi connectivity index (χ0) is 11.4. The smallest absolute Gasteiger partial charge is 0.129 e. The summed E-state index contributed by atoms with van der Waals surface area (Å²) in [5.41, 5.74) is 1.19. The molecule has 1 saturated heterocycles. The minimum Gasteiger partial charge on any atom is -0.293 e. The van der Waals surface area contributed by atoms with Crippen LogP contribution in [0.15, 0.2) is 18.3 Å². The van der Waals surface area contributed by atoms with E-state index in [1.54, 1.807) is 0 Å². The van der Waals surface area contributed by atoms with Crippen LogP contribution in [0, 0.1) is 0 Å². The minimum atomic E-state index is 0.254. The highest BCUT2D eigenvalue weighted by Gasteiger charge is 2.19. The lowest BCUT2D eigenvalue weighted by Gasteiger charge is -2.36. The molecule has 2 rings (SSSR count). The van der Waals surface area contributed by atoms with Gasteiger partial charge in [0, 0.05) is 19.3 Å². The number of nitrogens with zero attached hydrogens (tertiary/aromatic N) is 2. The van der Waals surface area contributed by atoms with Gasteiger partial charge in [0.05, 0.1) is 0 Å². The first kappa shape index (κ1) is 11.8. The summed E-state index contributed by atoms with van der Waals surface area (Å²) in [6.07, 6.45) is 3.27. The van der Waals surface area contributed by atoms with Crippen LogP contribution in [-0.2, 0) is 6.54 Å². The van der Waals surface area contributed by atoms with E-state index in [2.05, 4.69) is 20.5 Å². The third-order valence-corrected chi connectivity index (χ3v) is 3.00. The van der Waals surface area contributed by atoms with E-state index in [-0.39, 0.29) is 6.29 Å². The van der Waals surface area contributed by atoms with Crippen LogP contribution < -0.4 is 10.6 Å². The maximum Gasteiger partial charge on any atom is 0.129 e. The van der Waals surface area contributed by atoms with Crippen LogP contribution in [0.3, 0.4) is 0 Å². The van der Waals surface area contributed by atoms with E-state index in [1.165, 1.54) is 12.0 Å². The number of pyridine rings is 1. The van der Waals surface area contributed by atoms with Gasteiger partial charge >= 0.3 is 0 Å². The highest BCUT2D eigenvalue weighted by molar-refractivity contribution is 6.29. The average molecular weight is 241 g/mol. The zero-order valence-corrected chi connectivity index (χ0v) is 10.2. The van der Waals surface area contributed by atoms with Crippen LogP contribution in [0.2, 0.25) is 5.15 Å². The normalized spacial score (nSPS) is 22.2. The van der Waals surface area contributed by atoms with Gasteiger partial charge in [-0.25, -0.2) is 4.98 Å². The quantitative estimate of drug-likeness (QED) is 0.775. The third-order valence-electron chi connectivity index (χ3n) is 2.77. The van der Waals surface area contributed by atoms with Crippen molar-refractivity contribution in [3.63, 3.8) is 0 Å². The molecule has 0 saturated carbocycles. The van der Waals surface area contributed by atoms with Crippen molar-refractivity contribution in [1.29, 1.82) is 0 Å². The van der Waals surface area contributed by atoms with E-state index in [0.29, 0.717) is 5.15 Å². The molecular formula is C11H17ClN4. The molecule has 0 aromatic carbocycles. The molecule has 2 N–H and O–H groups in total. The summed E-state index contributed by atoms with van der Waals surface area (Å²) < 4.78 is 0. The SMILES string of the molecule is CNC1NCCCN1Cc1ccc(Cl)nc1. The number of rotatable bonds is 3. The fourth-order valence-corrected chi connectivity index (χ4v) is 2.08. The molecule has 2 heterocycles. The second-order valence-corrected chi connectivity index (χ2v) is 4.35. The Balaban J connectivity index is 1.99. The van der Waals surface area contributed by atoms with Gasteiger partial charge in [-0.15, -0.1) is 0 Å². The van der Waals surface area contributed by atoms with E-state index in [4.69, 9.17) is 11.6 Å². The summed E-state index contributed by atoms with van der Waals surface area (Å²) in [6, 6.07) is 3.86. The largest absolute Gasteiger partial charge is 0.293 e. The first-order valence-electron chi connectivity index (χ1n) is 5.55. The molecule has 16 heavy (non-hydrogen) atoms. The molecule has 0 radical (unpaired) electrons. The Labute approximate surface area is 101 Å². The predicted molar refractivity (Wildman–Crippen MR) is 65.1 cm³/mol. The van der Waals surface area contributed by atoms with Crippen LogP contribution in [0.5, 0.6) is 0 Å². The van der Waals surface area contributed by atoms with Crippen molar-refractivity contribution < 1.29 is 0 Å². The van der Waals surface area contributed by atoms with Gasteiger partial charge in [-0.2, -0.15) is 0 Å². The van der Waals surface area contributed by atoms with E-state index in [9.17, 15) is 0 Å². The standard InChI is InChI=1S/C11H17ClN4/c1-13-11-14-5-2-6-16(11)8-9-3-4-10(12)15-7-9/h3-4,7,11,13-14H,2,5-6,8H2,1H3. The van der Waals surface area contributed by atoms with E-state index < -0.39 is 0 Å². The summed E-state index contributed by atoms with van der Waals surface area (Å²) >= 11 is 5.76. The Hall–Kier alpha value is -0.680. The summed E-state index contributed by atoms with van der Waals surface area (Å²) in [7, 11) is 1.97. The van der Waals surface area contributed by atoms with Crippen molar-refractivity contribution in [2.24, 2.45) is 0 Å². The summed E-state index contributed by atoms with van der Waals surface area (Å²) in [4.78, 5) is 6.45. The fraction of sp³-hybridized carbons (Fsp3) is 0.545. The molecule has 1 fully saturated rings. The molecule has 1 aromatic heterocycles. The Kier molecular flexibility index (Phi) is 4.12. The van der Waals surface area contributed by atoms with Crippen LogP contribution >= 0.6 is 11.6 Å². The Morgan fingerprint density at radius 1 is 1.62 bits per heavy atom. The zero-order valence-electron chi connectivity index (χ0n) is 9.41. The van der Waals surface area contributed by atoms with Crippen molar-refractivity contribution in [3.05, 3.63) is 29.0 Å². The number of halogens is 1. The highest BCUT2D eigenvalue weighted by atomic mass is 35.5. The van der Waals surface area contributed by atoms with Gasteiger partial charge in [0.2, 0.25) is 0 Å². The Bertz CT molecular complexity index is 327. The number of nitrogens with one attached hydrogen (secondary N) is 2. The summed E-state index contributed by atoms with van der Waals surface area (Å²) in [5.74, 6) is 0. The lowest BCUT2D eigenvalue weighted by Crippen LogP contribution is -2.57. The Morgan fingerprint density at radius 3 is 3.19 bits per heavy atom. The number of hydrogen-bond donors (Lipinski definition) is 2. The van der Waals surface area contributed by atoms with E-state index in [1.807, 2.05) is 25.4 Å². The molecule has 1 unspecified atom stereocenters. The molecule has 1 aliphatic rings. The highest BCUT2D eigenvalue weighted by Crippen LogP contribution is 2.11. The molecule has 88 valence electrons. The minimum absolute atomic E-state index is 0.254. The molecule has 5 heteroatoms. The van der Waals surface area contributed by atoms with Gasteiger partial charge in [-0.05, 0) is 31.6 Å². The van der Waals surface area contributed by atoms with Gasteiger partial charge < -0.3 is 0 Å². The van der Waals surface area contributed by atoms with Crippen LogP contribution in [-0.4, -0.2) is 36.3 Å². The molecule has 0 bridgehead atoms. The van der Waals surface area contributed by atoms with Gasteiger partial charge in [-0.3, -0.25) is 15.5 Å². The first-order chi connectivity index (χ1) is 7.79. The third kappa shape index (κ3) is 2.92. The number of hydrogen-bond acceptors (Lipinski definition) is 4. The second kappa shape index (κ2) is 5.59. The fourth-order valence-electron chi connectivity index (χ4n) is 1.97. The maximum atomic E-state index is 5.76. The molecule has 1 aliphatic heterocycles. The summed E-state index contributed by atoms with van der Waals surface area (Å²) in [5, 5.41) is 7.22. The molecule has 1 atom stereocenters. The lowest BCUT2D eigenvalue weighted by molar-refractivity contribution is 0.102. The second-order valence-electron chi connectivity index (χ2n) is 3.96. The molecule has 0 spiro atoms. The van der Waals surface area contributed by atoms with Crippen molar-refractivity contribution in [3.8, 4) is 0 Å². The van der Waals surface area contributed by atoms with Crippen LogP contribution in [0.1, 0.15) is 12.0 Å². The van der Waals surface area contributed by atoms with Gasteiger partial charge in [-0.1, -0.05) is 17.7 Å². The van der Waals surface area contributed by atoms with E-state index >= 15 is 0 Å². The molecule has 0 amide bonds. The summed E-state index contributed by atoms with van der Waals surface area (Å²) in [6.45, 7) is 3.06. The van der Waals surface area contributed by atoms with Crippen molar-refractivity contribution in [1.82, 2.24) is 20.5 Å². The van der Waals surface area contributed by atoms with Gasteiger partial charge in [0.25, 0.3) is 0 Å².